The lowest BCUT2D eigenvalue weighted by atomic mass is 9.97. The molecule has 1 heterocycles. The van der Waals surface area contributed by atoms with Crippen LogP contribution < -0.4 is 0 Å². The number of allylic oxidation sites excluding steroid dienone is 4. The molecule has 1 atom stereocenters. The number of nitrogens with one attached hydrogen (secondary N) is 1. The minimum atomic E-state index is 0.662. The van der Waals surface area contributed by atoms with Gasteiger partial charge in [-0.05, 0) is 42.5 Å². The van der Waals surface area contributed by atoms with Crippen molar-refractivity contribution < 1.29 is 0 Å². The van der Waals surface area contributed by atoms with Gasteiger partial charge in [-0.25, -0.2) is 0 Å². The summed E-state index contributed by atoms with van der Waals surface area (Å²) < 4.78 is 0. The third kappa shape index (κ3) is 2.55. The molecule has 0 saturated heterocycles. The molecular formula is C18H19N. The molecule has 1 nitrogen and oxygen atoms in total. The van der Waals surface area contributed by atoms with E-state index in [4.69, 9.17) is 0 Å². The Morgan fingerprint density at radius 3 is 2.42 bits per heavy atom. The average Bonchev–Trinajstić information content (AvgIpc) is 2.90. The predicted molar refractivity (Wildman–Crippen MR) is 81.9 cm³/mol. The van der Waals surface area contributed by atoms with Crippen LogP contribution in [0.15, 0.2) is 54.6 Å². The highest BCUT2D eigenvalue weighted by molar-refractivity contribution is 5.75. The Morgan fingerprint density at radius 1 is 1.00 bits per heavy atom. The fourth-order valence-electron chi connectivity index (χ4n) is 2.39. The first-order chi connectivity index (χ1) is 9.22. The highest BCUT2D eigenvalue weighted by Crippen LogP contribution is 2.26. The van der Waals surface area contributed by atoms with Crippen molar-refractivity contribution in [3.8, 4) is 11.3 Å². The van der Waals surface area contributed by atoms with Crippen LogP contribution in [0, 0.1) is 12.8 Å². The van der Waals surface area contributed by atoms with Gasteiger partial charge in [0.15, 0.2) is 0 Å². The number of hydrogen-bond donors (Lipinski definition) is 1. The second-order valence-electron chi connectivity index (χ2n) is 5.38. The molecule has 0 spiro atoms. The maximum absolute atomic E-state index is 3.51. The maximum atomic E-state index is 3.51. The molecule has 0 fully saturated rings. The Kier molecular flexibility index (Phi) is 3.12. The van der Waals surface area contributed by atoms with Gasteiger partial charge in [-0.3, -0.25) is 0 Å². The minimum absolute atomic E-state index is 0.662. The lowest BCUT2D eigenvalue weighted by molar-refractivity contribution is 0.739. The molecule has 2 aromatic rings. The number of benzene rings is 1. The third-order valence-electron chi connectivity index (χ3n) is 3.67. The summed E-state index contributed by atoms with van der Waals surface area (Å²) in [6.45, 7) is 4.36. The molecule has 0 aliphatic heterocycles. The lowest BCUT2D eigenvalue weighted by Gasteiger charge is -2.10. The van der Waals surface area contributed by atoms with E-state index in [1.54, 1.807) is 0 Å². The summed E-state index contributed by atoms with van der Waals surface area (Å²) in [5, 5.41) is 0. The number of aromatic nitrogens is 1. The highest BCUT2D eigenvalue weighted by atomic mass is 14.7. The first-order valence-corrected chi connectivity index (χ1v) is 6.87. The van der Waals surface area contributed by atoms with Gasteiger partial charge in [0.25, 0.3) is 0 Å². The number of H-pyrrole nitrogens is 1. The zero-order chi connectivity index (χ0) is 13.2. The van der Waals surface area contributed by atoms with Gasteiger partial charge in [-0.15, -0.1) is 0 Å². The molecule has 1 N–H and O–H groups in total. The zero-order valence-corrected chi connectivity index (χ0v) is 11.5. The van der Waals surface area contributed by atoms with E-state index in [2.05, 4.69) is 73.5 Å². The fourth-order valence-corrected chi connectivity index (χ4v) is 2.39. The summed E-state index contributed by atoms with van der Waals surface area (Å²) in [6.07, 6.45) is 7.95. The first-order valence-electron chi connectivity index (χ1n) is 6.87. The topological polar surface area (TPSA) is 15.8 Å². The Labute approximate surface area is 114 Å². The van der Waals surface area contributed by atoms with Crippen LogP contribution >= 0.6 is 0 Å². The van der Waals surface area contributed by atoms with Crippen LogP contribution in [-0.2, 0) is 0 Å². The minimum Gasteiger partial charge on any atom is -0.355 e. The summed E-state index contributed by atoms with van der Waals surface area (Å²) >= 11 is 0. The highest BCUT2D eigenvalue weighted by Gasteiger charge is 2.08. The van der Waals surface area contributed by atoms with Crippen LogP contribution in [0.2, 0.25) is 0 Å². The van der Waals surface area contributed by atoms with E-state index in [9.17, 15) is 0 Å². The molecule has 1 unspecified atom stereocenters. The van der Waals surface area contributed by atoms with E-state index in [0.717, 1.165) is 6.42 Å². The number of aryl methyl sites for hydroxylation is 1. The van der Waals surface area contributed by atoms with Crippen molar-refractivity contribution in [1.29, 1.82) is 0 Å². The molecule has 1 aliphatic rings. The molecule has 0 bridgehead atoms. The average molecular weight is 249 g/mol. The molecule has 96 valence electrons. The van der Waals surface area contributed by atoms with E-state index < -0.39 is 0 Å². The van der Waals surface area contributed by atoms with Crippen molar-refractivity contribution in [3.63, 3.8) is 0 Å². The Bertz CT molecular complexity index is 626. The summed E-state index contributed by atoms with van der Waals surface area (Å²) in [5.41, 5.74) is 6.23. The molecule has 1 heteroatoms. The van der Waals surface area contributed by atoms with Crippen LogP contribution in [-0.4, -0.2) is 4.98 Å². The van der Waals surface area contributed by atoms with Crippen LogP contribution in [0.25, 0.3) is 16.8 Å². The standard InChI is InChI=1S/C18H19N/c1-13-3-7-15(8-4-13)17-11-12-18(19-17)16-9-5-14(2)6-10-16/h3-5,7-12,14,19H,6H2,1-2H3. The molecule has 1 aromatic heterocycles. The second kappa shape index (κ2) is 4.93. The number of hydrogen-bond acceptors (Lipinski definition) is 0. The van der Waals surface area contributed by atoms with E-state index in [0.29, 0.717) is 5.92 Å². The maximum Gasteiger partial charge on any atom is 0.0458 e. The van der Waals surface area contributed by atoms with Crippen molar-refractivity contribution in [2.24, 2.45) is 5.92 Å². The Morgan fingerprint density at radius 2 is 1.74 bits per heavy atom. The molecule has 1 aliphatic carbocycles. The molecular weight excluding hydrogens is 230 g/mol. The van der Waals surface area contributed by atoms with E-state index in [-0.39, 0.29) is 0 Å². The molecule has 0 amide bonds. The first kappa shape index (κ1) is 12.0. The molecule has 19 heavy (non-hydrogen) atoms. The van der Waals surface area contributed by atoms with Gasteiger partial charge in [0, 0.05) is 11.4 Å². The third-order valence-corrected chi connectivity index (χ3v) is 3.67. The summed E-state index contributed by atoms with van der Waals surface area (Å²) in [5.74, 6) is 0.662. The summed E-state index contributed by atoms with van der Waals surface area (Å²) in [7, 11) is 0. The van der Waals surface area contributed by atoms with E-state index in [1.165, 1.54) is 28.1 Å². The van der Waals surface area contributed by atoms with Crippen LogP contribution in [0.1, 0.15) is 24.6 Å². The van der Waals surface area contributed by atoms with E-state index >= 15 is 0 Å². The molecule has 0 radical (unpaired) electrons. The van der Waals surface area contributed by atoms with Gasteiger partial charge in [0.05, 0.1) is 0 Å². The smallest absolute Gasteiger partial charge is 0.0458 e. The number of aromatic amines is 1. The van der Waals surface area contributed by atoms with Gasteiger partial charge in [-0.1, -0.05) is 55.0 Å². The van der Waals surface area contributed by atoms with Crippen molar-refractivity contribution in [2.75, 3.05) is 0 Å². The quantitative estimate of drug-likeness (QED) is 0.773. The van der Waals surface area contributed by atoms with Gasteiger partial charge < -0.3 is 4.98 Å². The van der Waals surface area contributed by atoms with Crippen molar-refractivity contribution >= 4 is 5.57 Å². The van der Waals surface area contributed by atoms with Crippen molar-refractivity contribution in [1.82, 2.24) is 4.98 Å². The summed E-state index contributed by atoms with van der Waals surface area (Å²) in [6, 6.07) is 13.0. The SMILES string of the molecule is Cc1ccc(-c2ccc(C3=CCC(C)C=C3)[nH]2)cc1. The zero-order valence-electron chi connectivity index (χ0n) is 11.5. The van der Waals surface area contributed by atoms with Crippen LogP contribution in [0.3, 0.4) is 0 Å². The lowest BCUT2D eigenvalue weighted by Crippen LogP contribution is -1.94. The van der Waals surface area contributed by atoms with Gasteiger partial charge in [0.1, 0.15) is 0 Å². The number of rotatable bonds is 2. The van der Waals surface area contributed by atoms with Gasteiger partial charge in [0.2, 0.25) is 0 Å². The van der Waals surface area contributed by atoms with Crippen molar-refractivity contribution in [3.05, 3.63) is 65.9 Å². The normalized spacial score (nSPS) is 18.4. The predicted octanol–water partition coefficient (Wildman–Crippen LogP) is 4.97. The largest absolute Gasteiger partial charge is 0.355 e. The molecule has 1 aromatic carbocycles. The fraction of sp³-hybridized carbons (Fsp3) is 0.222. The Hall–Kier alpha value is -2.02. The Balaban J connectivity index is 1.88. The van der Waals surface area contributed by atoms with Crippen LogP contribution in [0.4, 0.5) is 0 Å². The monoisotopic (exact) mass is 249 g/mol. The van der Waals surface area contributed by atoms with Gasteiger partial charge in [-0.2, -0.15) is 0 Å². The molecule has 3 rings (SSSR count). The van der Waals surface area contributed by atoms with E-state index in [1.807, 2.05) is 0 Å². The second-order valence-corrected chi connectivity index (χ2v) is 5.38. The molecule has 0 saturated carbocycles. The van der Waals surface area contributed by atoms with Crippen molar-refractivity contribution in [2.45, 2.75) is 20.3 Å². The van der Waals surface area contributed by atoms with Gasteiger partial charge >= 0.3 is 0 Å². The van der Waals surface area contributed by atoms with Crippen LogP contribution in [0.5, 0.6) is 0 Å². The summed E-state index contributed by atoms with van der Waals surface area (Å²) in [4.78, 5) is 3.51.